The molecule has 2 rings (SSSR count). The molecule has 2 N–H and O–H groups in total. The predicted octanol–water partition coefficient (Wildman–Crippen LogP) is 2.19. The van der Waals surface area contributed by atoms with Crippen LogP contribution in [0.5, 0.6) is 5.75 Å². The van der Waals surface area contributed by atoms with E-state index in [0.29, 0.717) is 24.5 Å². The van der Waals surface area contributed by atoms with Crippen LogP contribution in [0.25, 0.3) is 0 Å². The second-order valence-electron chi connectivity index (χ2n) is 6.40. The highest BCUT2D eigenvalue weighted by Crippen LogP contribution is 2.17. The third kappa shape index (κ3) is 6.42. The fourth-order valence-corrected chi connectivity index (χ4v) is 2.67. The zero-order chi connectivity index (χ0) is 19.6. The summed E-state index contributed by atoms with van der Waals surface area (Å²) in [5.74, 6) is -0.0605. The molecular formula is C21H27N3O3. The average Bonchev–Trinajstić information content (AvgIpc) is 2.65. The summed E-state index contributed by atoms with van der Waals surface area (Å²) in [6, 6.07) is 15.0. The Balaban J connectivity index is 1.88. The van der Waals surface area contributed by atoms with E-state index in [4.69, 9.17) is 4.74 Å². The number of carbonyl (C=O) groups is 2. The lowest BCUT2D eigenvalue weighted by Crippen LogP contribution is -2.37. The van der Waals surface area contributed by atoms with Crippen molar-refractivity contribution >= 4 is 11.8 Å². The molecule has 2 aromatic rings. The Labute approximate surface area is 160 Å². The van der Waals surface area contributed by atoms with E-state index in [2.05, 4.69) is 15.5 Å². The molecule has 0 aliphatic heterocycles. The van der Waals surface area contributed by atoms with Crippen molar-refractivity contribution in [2.24, 2.45) is 0 Å². The summed E-state index contributed by atoms with van der Waals surface area (Å²) in [5, 5.41) is 5.50. The number of carbonyl (C=O) groups excluding carboxylic acids is 2. The topological polar surface area (TPSA) is 70.7 Å². The highest BCUT2D eigenvalue weighted by molar-refractivity contribution is 5.98. The summed E-state index contributed by atoms with van der Waals surface area (Å²) in [6.45, 7) is 3.47. The number of para-hydroxylation sites is 1. The van der Waals surface area contributed by atoms with Crippen LogP contribution in [0.15, 0.2) is 48.5 Å². The molecular weight excluding hydrogens is 342 g/mol. The highest BCUT2D eigenvalue weighted by Gasteiger charge is 2.13. The predicted molar refractivity (Wildman–Crippen MR) is 106 cm³/mol. The summed E-state index contributed by atoms with van der Waals surface area (Å²) >= 11 is 0. The van der Waals surface area contributed by atoms with Crippen molar-refractivity contribution in [1.29, 1.82) is 0 Å². The lowest BCUT2D eigenvalue weighted by Gasteiger charge is -2.15. The Morgan fingerprint density at radius 2 is 1.63 bits per heavy atom. The van der Waals surface area contributed by atoms with Crippen molar-refractivity contribution in [3.8, 4) is 5.75 Å². The standard InChI is InChI=1S/C21H27N3O3/c1-4-27-19-12-8-7-11-18(19)21(26)23-14-20(25)22-13-16-9-5-6-10-17(16)15-24(2)3/h5-12H,4,13-15H2,1-3H3,(H,22,25)(H,23,26). The monoisotopic (exact) mass is 369 g/mol. The minimum absolute atomic E-state index is 0.0882. The van der Waals surface area contributed by atoms with Crippen molar-refractivity contribution < 1.29 is 14.3 Å². The number of benzene rings is 2. The van der Waals surface area contributed by atoms with Crippen molar-refractivity contribution in [3.05, 3.63) is 65.2 Å². The van der Waals surface area contributed by atoms with Gasteiger partial charge in [0.1, 0.15) is 5.75 Å². The number of hydrogen-bond acceptors (Lipinski definition) is 4. The van der Waals surface area contributed by atoms with Crippen LogP contribution in [0.2, 0.25) is 0 Å². The van der Waals surface area contributed by atoms with Gasteiger partial charge in [0.25, 0.3) is 5.91 Å². The van der Waals surface area contributed by atoms with Crippen LogP contribution in [0.3, 0.4) is 0 Å². The molecule has 0 saturated carbocycles. The molecule has 0 aromatic heterocycles. The van der Waals surface area contributed by atoms with Crippen LogP contribution in [0, 0.1) is 0 Å². The summed E-state index contributed by atoms with van der Waals surface area (Å²) in [4.78, 5) is 26.5. The van der Waals surface area contributed by atoms with Crippen molar-refractivity contribution in [2.45, 2.75) is 20.0 Å². The Kier molecular flexibility index (Phi) is 7.82. The van der Waals surface area contributed by atoms with Gasteiger partial charge in [0.15, 0.2) is 0 Å². The fraction of sp³-hybridized carbons (Fsp3) is 0.333. The maximum Gasteiger partial charge on any atom is 0.255 e. The van der Waals surface area contributed by atoms with Crippen molar-refractivity contribution in [1.82, 2.24) is 15.5 Å². The summed E-state index contributed by atoms with van der Waals surface area (Å²) in [7, 11) is 4.01. The maximum absolute atomic E-state index is 12.3. The number of hydrogen-bond donors (Lipinski definition) is 2. The summed E-state index contributed by atoms with van der Waals surface area (Å²) < 4.78 is 5.45. The highest BCUT2D eigenvalue weighted by atomic mass is 16.5. The van der Waals surface area contributed by atoms with Gasteiger partial charge >= 0.3 is 0 Å². The van der Waals surface area contributed by atoms with Crippen molar-refractivity contribution in [2.75, 3.05) is 27.2 Å². The Morgan fingerprint density at radius 1 is 0.963 bits per heavy atom. The Bertz CT molecular complexity index is 775. The van der Waals surface area contributed by atoms with E-state index in [1.165, 1.54) is 0 Å². The smallest absolute Gasteiger partial charge is 0.255 e. The molecule has 2 aromatic carbocycles. The molecule has 0 spiro atoms. The number of nitrogens with zero attached hydrogens (tertiary/aromatic N) is 1. The second-order valence-corrected chi connectivity index (χ2v) is 6.40. The largest absolute Gasteiger partial charge is 0.493 e. The lowest BCUT2D eigenvalue weighted by molar-refractivity contribution is -0.120. The molecule has 144 valence electrons. The number of rotatable bonds is 9. The number of amides is 2. The van der Waals surface area contributed by atoms with Gasteiger partial charge in [0.05, 0.1) is 18.7 Å². The van der Waals surface area contributed by atoms with Crippen LogP contribution in [0.1, 0.15) is 28.4 Å². The van der Waals surface area contributed by atoms with Crippen LogP contribution in [-0.2, 0) is 17.9 Å². The van der Waals surface area contributed by atoms with Gasteiger partial charge in [-0.2, -0.15) is 0 Å². The lowest BCUT2D eigenvalue weighted by atomic mass is 10.1. The van der Waals surface area contributed by atoms with E-state index in [1.807, 2.05) is 45.3 Å². The van der Waals surface area contributed by atoms with Gasteiger partial charge in [0.2, 0.25) is 5.91 Å². The van der Waals surface area contributed by atoms with E-state index in [-0.39, 0.29) is 18.4 Å². The second kappa shape index (κ2) is 10.3. The molecule has 27 heavy (non-hydrogen) atoms. The van der Waals surface area contributed by atoms with E-state index < -0.39 is 0 Å². The molecule has 0 unspecified atom stereocenters. The molecule has 0 fully saturated rings. The third-order valence-electron chi connectivity index (χ3n) is 3.92. The number of ether oxygens (including phenoxy) is 1. The van der Waals surface area contributed by atoms with E-state index in [0.717, 1.165) is 17.7 Å². The zero-order valence-electron chi connectivity index (χ0n) is 16.1. The molecule has 0 radical (unpaired) electrons. The molecule has 0 saturated heterocycles. The van der Waals surface area contributed by atoms with Crippen LogP contribution in [0.4, 0.5) is 0 Å². The van der Waals surface area contributed by atoms with Crippen LogP contribution >= 0.6 is 0 Å². The molecule has 0 heterocycles. The van der Waals surface area contributed by atoms with Crippen molar-refractivity contribution in [3.63, 3.8) is 0 Å². The first-order valence-electron chi connectivity index (χ1n) is 8.99. The van der Waals surface area contributed by atoms with Gasteiger partial charge in [-0.05, 0) is 44.3 Å². The normalized spacial score (nSPS) is 10.5. The minimum atomic E-state index is -0.331. The van der Waals surface area contributed by atoms with Gasteiger partial charge in [0, 0.05) is 13.1 Å². The molecule has 0 aliphatic rings. The fourth-order valence-electron chi connectivity index (χ4n) is 2.67. The average molecular weight is 369 g/mol. The van der Waals surface area contributed by atoms with Gasteiger partial charge in [-0.1, -0.05) is 36.4 Å². The summed E-state index contributed by atoms with van der Waals surface area (Å²) in [5.41, 5.74) is 2.65. The van der Waals surface area contributed by atoms with Gasteiger partial charge in [-0.15, -0.1) is 0 Å². The van der Waals surface area contributed by atoms with E-state index >= 15 is 0 Å². The Morgan fingerprint density at radius 3 is 2.33 bits per heavy atom. The quantitative estimate of drug-likeness (QED) is 0.711. The number of nitrogens with one attached hydrogen (secondary N) is 2. The SMILES string of the molecule is CCOc1ccccc1C(=O)NCC(=O)NCc1ccccc1CN(C)C. The van der Waals surface area contributed by atoms with Crippen LogP contribution in [-0.4, -0.2) is 44.0 Å². The zero-order valence-corrected chi connectivity index (χ0v) is 16.1. The molecule has 2 amide bonds. The van der Waals surface area contributed by atoms with E-state index in [9.17, 15) is 9.59 Å². The van der Waals surface area contributed by atoms with Gasteiger partial charge < -0.3 is 20.3 Å². The molecule has 0 aliphatic carbocycles. The first-order chi connectivity index (χ1) is 13.0. The minimum Gasteiger partial charge on any atom is -0.493 e. The first kappa shape index (κ1) is 20.5. The van der Waals surface area contributed by atoms with Gasteiger partial charge in [-0.3, -0.25) is 9.59 Å². The van der Waals surface area contributed by atoms with E-state index in [1.54, 1.807) is 24.3 Å². The third-order valence-corrected chi connectivity index (χ3v) is 3.92. The first-order valence-corrected chi connectivity index (χ1v) is 8.99. The molecule has 6 heteroatoms. The maximum atomic E-state index is 12.3. The summed E-state index contributed by atoms with van der Waals surface area (Å²) in [6.07, 6.45) is 0. The van der Waals surface area contributed by atoms with Gasteiger partial charge in [-0.25, -0.2) is 0 Å². The molecule has 6 nitrogen and oxygen atoms in total. The molecule has 0 bridgehead atoms. The Hall–Kier alpha value is -2.86. The molecule has 0 atom stereocenters. The van der Waals surface area contributed by atoms with Crippen LogP contribution < -0.4 is 15.4 Å².